The molecule has 0 unspecified atom stereocenters. The van der Waals surface area contributed by atoms with Crippen molar-refractivity contribution in [2.75, 3.05) is 43.4 Å². The highest BCUT2D eigenvalue weighted by atomic mass is 19.4. The van der Waals surface area contributed by atoms with E-state index in [1.807, 2.05) is 0 Å². The number of alkyl halides is 3. The average molecular weight is 638 g/mol. The van der Waals surface area contributed by atoms with Crippen molar-refractivity contribution in [3.8, 4) is 17.3 Å². The lowest BCUT2D eigenvalue weighted by atomic mass is 9.95. The fourth-order valence-corrected chi connectivity index (χ4v) is 7.72. The Morgan fingerprint density at radius 3 is 2.56 bits per heavy atom. The topological polar surface area (TPSA) is 92.4 Å². The molecule has 8 nitrogen and oxygen atoms in total. The molecule has 0 saturated carbocycles. The van der Waals surface area contributed by atoms with Crippen LogP contribution in [0.25, 0.3) is 22.2 Å². The number of nitrogen functional groups attached to an aromatic ring is 1. The van der Waals surface area contributed by atoms with E-state index in [0.717, 1.165) is 50.9 Å². The Kier molecular flexibility index (Phi) is 7.11. The maximum atomic E-state index is 16.4. The Morgan fingerprint density at radius 2 is 1.84 bits per heavy atom. The van der Waals surface area contributed by atoms with Crippen LogP contribution >= 0.6 is 0 Å². The van der Waals surface area contributed by atoms with Crippen LogP contribution in [0.1, 0.15) is 44.1 Å². The summed E-state index contributed by atoms with van der Waals surface area (Å²) in [5.41, 5.74) is 0.505. The first-order valence-corrected chi connectivity index (χ1v) is 14.8. The second-order valence-corrected chi connectivity index (χ2v) is 12.5. The molecule has 7 rings (SSSR count). The third-order valence-electron chi connectivity index (χ3n) is 9.61. The number of nitrogens with one attached hydrogen (secondary N) is 1. The number of piperazine rings is 1. The number of rotatable bonds is 6. The molecule has 2 bridgehead atoms. The number of ether oxygens (including phenoxy) is 1. The van der Waals surface area contributed by atoms with Gasteiger partial charge in [0.25, 0.3) is 6.08 Å². The zero-order valence-corrected chi connectivity index (χ0v) is 24.0. The lowest BCUT2D eigenvalue weighted by molar-refractivity contribution is -0.139. The van der Waals surface area contributed by atoms with Crippen LogP contribution in [-0.2, 0) is 6.18 Å². The van der Waals surface area contributed by atoms with Crippen LogP contribution in [0.2, 0.25) is 0 Å². The predicted octanol–water partition coefficient (Wildman–Crippen LogP) is 5.67. The largest absolute Gasteiger partial charge is 0.461 e. The van der Waals surface area contributed by atoms with Gasteiger partial charge in [0, 0.05) is 42.2 Å². The molecule has 1 aromatic carbocycles. The van der Waals surface area contributed by atoms with Crippen LogP contribution < -0.4 is 20.7 Å². The van der Waals surface area contributed by atoms with Gasteiger partial charge in [-0.1, -0.05) is 0 Å². The molecule has 3 N–H and O–H groups in total. The molecule has 4 saturated heterocycles. The number of nitrogens with zero attached hydrogens (tertiary/aromatic N) is 5. The molecule has 4 fully saturated rings. The van der Waals surface area contributed by atoms with Gasteiger partial charge in [0.1, 0.15) is 35.1 Å². The van der Waals surface area contributed by atoms with E-state index in [-0.39, 0.29) is 47.5 Å². The van der Waals surface area contributed by atoms with Gasteiger partial charge in [0.2, 0.25) is 0 Å². The van der Waals surface area contributed by atoms with E-state index in [0.29, 0.717) is 25.5 Å². The number of pyridine rings is 1. The second kappa shape index (κ2) is 10.7. The standard InChI is InChI=1S/C30H30F7N7O/c31-19-11-21(38)39-24(22(19)30(35,36)37)17-3-4-18-25(23(17)34)40-27(45-15-29-6-1-9-44(29)10-2-7-29)41-26(18)43-13-16-5-8-28(14-43,42-16)12-20(32)33/h3-4,11-12,16,42H,1-2,5-10,13-15H2,(H2,38,39)/t16-,28-/m1/s1. The highest BCUT2D eigenvalue weighted by Gasteiger charge is 2.47. The van der Waals surface area contributed by atoms with Crippen molar-refractivity contribution in [2.24, 2.45) is 0 Å². The Balaban J connectivity index is 1.36. The number of anilines is 2. The molecule has 0 aliphatic carbocycles. The van der Waals surface area contributed by atoms with Crippen LogP contribution in [0.15, 0.2) is 30.4 Å². The maximum absolute atomic E-state index is 16.4. The predicted molar refractivity (Wildman–Crippen MR) is 152 cm³/mol. The lowest BCUT2D eigenvalue weighted by Crippen LogP contribution is -2.59. The Labute approximate surface area is 253 Å². The van der Waals surface area contributed by atoms with Crippen LogP contribution in [0, 0.1) is 11.6 Å². The Hall–Kier alpha value is -3.72. The highest BCUT2D eigenvalue weighted by Crippen LogP contribution is 2.43. The number of fused-ring (bicyclic) bond motifs is 4. The molecule has 2 atom stereocenters. The summed E-state index contributed by atoms with van der Waals surface area (Å²) in [6.45, 7) is 2.52. The van der Waals surface area contributed by atoms with Gasteiger partial charge in [-0.2, -0.15) is 31.9 Å². The number of benzene rings is 1. The van der Waals surface area contributed by atoms with Crippen molar-refractivity contribution in [3.05, 3.63) is 47.6 Å². The first-order chi connectivity index (χ1) is 21.4. The number of hydrogen-bond acceptors (Lipinski definition) is 8. The number of hydrogen-bond donors (Lipinski definition) is 2. The minimum Gasteiger partial charge on any atom is -0.461 e. The van der Waals surface area contributed by atoms with Gasteiger partial charge >= 0.3 is 12.2 Å². The first kappa shape index (κ1) is 30.0. The molecule has 2 aromatic heterocycles. The number of halogens is 7. The van der Waals surface area contributed by atoms with E-state index >= 15 is 4.39 Å². The summed E-state index contributed by atoms with van der Waals surface area (Å²) in [7, 11) is 0. The summed E-state index contributed by atoms with van der Waals surface area (Å²) in [5, 5.41) is 3.37. The van der Waals surface area contributed by atoms with Crippen molar-refractivity contribution in [3.63, 3.8) is 0 Å². The van der Waals surface area contributed by atoms with Crippen molar-refractivity contribution >= 4 is 22.5 Å². The molecule has 0 spiro atoms. The van der Waals surface area contributed by atoms with Crippen LogP contribution in [-0.4, -0.2) is 69.8 Å². The van der Waals surface area contributed by atoms with E-state index in [1.54, 1.807) is 4.90 Å². The van der Waals surface area contributed by atoms with Crippen molar-refractivity contribution < 1.29 is 35.5 Å². The normalized spacial score (nSPS) is 24.3. The average Bonchev–Trinajstić information content (AvgIpc) is 3.62. The van der Waals surface area contributed by atoms with Gasteiger partial charge in [-0.25, -0.2) is 13.8 Å². The lowest BCUT2D eigenvalue weighted by Gasteiger charge is -2.40. The van der Waals surface area contributed by atoms with Crippen LogP contribution in [0.5, 0.6) is 6.01 Å². The monoisotopic (exact) mass is 637 g/mol. The van der Waals surface area contributed by atoms with E-state index in [1.165, 1.54) is 6.07 Å². The Bertz CT molecular complexity index is 1690. The third-order valence-corrected chi connectivity index (χ3v) is 9.61. The molecule has 3 aromatic rings. The SMILES string of the molecule is Nc1cc(F)c(C(F)(F)F)c(-c2ccc3c(N4C[C@H]5CC[C@@](C=C(F)F)(C4)N5)nc(OCC45CCCN4CCC5)nc3c2F)n1. The van der Waals surface area contributed by atoms with Gasteiger partial charge in [-0.05, 0) is 63.7 Å². The zero-order valence-electron chi connectivity index (χ0n) is 24.0. The molecule has 0 radical (unpaired) electrons. The summed E-state index contributed by atoms with van der Waals surface area (Å²) >= 11 is 0. The smallest absolute Gasteiger partial charge is 0.421 e. The molecule has 4 aliphatic rings. The van der Waals surface area contributed by atoms with Gasteiger partial charge in [0.15, 0.2) is 5.82 Å². The molecular weight excluding hydrogens is 607 g/mol. The van der Waals surface area contributed by atoms with Crippen molar-refractivity contribution in [2.45, 2.75) is 61.8 Å². The van der Waals surface area contributed by atoms with E-state index in [2.05, 4.69) is 25.2 Å². The minimum absolute atomic E-state index is 0.0771. The summed E-state index contributed by atoms with van der Waals surface area (Å²) in [5.74, 6) is -3.26. The molecular formula is C30H30F7N7O. The third kappa shape index (κ3) is 5.23. The quantitative estimate of drug-likeness (QED) is 0.335. The molecule has 45 heavy (non-hydrogen) atoms. The molecule has 15 heteroatoms. The Morgan fingerprint density at radius 1 is 1.09 bits per heavy atom. The van der Waals surface area contributed by atoms with E-state index < -0.39 is 52.1 Å². The van der Waals surface area contributed by atoms with E-state index in [4.69, 9.17) is 10.5 Å². The maximum Gasteiger partial charge on any atom is 0.421 e. The van der Waals surface area contributed by atoms with Crippen LogP contribution in [0.4, 0.5) is 42.4 Å². The summed E-state index contributed by atoms with van der Waals surface area (Å²) < 4.78 is 106. The second-order valence-electron chi connectivity index (χ2n) is 12.5. The molecule has 6 heterocycles. The minimum atomic E-state index is -5.20. The molecule has 4 aliphatic heterocycles. The van der Waals surface area contributed by atoms with Gasteiger partial charge < -0.3 is 20.7 Å². The fraction of sp³-hybridized carbons (Fsp3) is 0.500. The van der Waals surface area contributed by atoms with E-state index in [9.17, 15) is 26.3 Å². The summed E-state index contributed by atoms with van der Waals surface area (Å²) in [6.07, 6.45) is -1.28. The van der Waals surface area contributed by atoms with Gasteiger partial charge in [0.05, 0.1) is 16.8 Å². The molecule has 0 amide bonds. The van der Waals surface area contributed by atoms with Crippen molar-refractivity contribution in [1.82, 2.24) is 25.2 Å². The molecule has 240 valence electrons. The van der Waals surface area contributed by atoms with Gasteiger partial charge in [-0.15, -0.1) is 0 Å². The van der Waals surface area contributed by atoms with Crippen LogP contribution in [0.3, 0.4) is 0 Å². The zero-order chi connectivity index (χ0) is 31.7. The highest BCUT2D eigenvalue weighted by molar-refractivity contribution is 5.93. The van der Waals surface area contributed by atoms with Crippen molar-refractivity contribution in [1.29, 1.82) is 0 Å². The number of aromatic nitrogens is 3. The fourth-order valence-electron chi connectivity index (χ4n) is 7.72. The van der Waals surface area contributed by atoms with Gasteiger partial charge in [-0.3, -0.25) is 4.90 Å². The summed E-state index contributed by atoms with van der Waals surface area (Å²) in [6, 6.07) is 2.44. The first-order valence-electron chi connectivity index (χ1n) is 14.8. The summed E-state index contributed by atoms with van der Waals surface area (Å²) in [4.78, 5) is 16.7. The number of nitrogens with two attached hydrogens (primary N) is 1.